The Bertz CT molecular complexity index is 1220. The first-order valence-corrected chi connectivity index (χ1v) is 12.2. The van der Waals surface area contributed by atoms with Gasteiger partial charge in [-0.3, -0.25) is 9.10 Å². The summed E-state index contributed by atoms with van der Waals surface area (Å²) >= 11 is 0. The average molecular weight is 467 g/mol. The molecular weight excluding hydrogens is 436 g/mol. The number of anilines is 1. The summed E-state index contributed by atoms with van der Waals surface area (Å²) in [5, 5.41) is 2.94. The van der Waals surface area contributed by atoms with Crippen LogP contribution >= 0.6 is 0 Å². The molecule has 0 aliphatic heterocycles. The van der Waals surface area contributed by atoms with Gasteiger partial charge in [-0.15, -0.1) is 0 Å². The lowest BCUT2D eigenvalue weighted by Crippen LogP contribution is -2.41. The number of methoxy groups -OCH3 is 1. The molecule has 1 atom stereocenters. The maximum absolute atomic E-state index is 13.5. The van der Waals surface area contributed by atoms with Gasteiger partial charge in [0.15, 0.2) is 0 Å². The minimum atomic E-state index is -3.98. The van der Waals surface area contributed by atoms with E-state index in [2.05, 4.69) is 11.4 Å². The monoisotopic (exact) mass is 466 g/mol. The second kappa shape index (κ2) is 10.1. The minimum Gasteiger partial charge on any atom is -0.497 e. The molecule has 0 aromatic heterocycles. The second-order valence-electron chi connectivity index (χ2n) is 8.17. The fourth-order valence-electron chi connectivity index (χ4n) is 3.71. The maximum atomic E-state index is 13.5. The van der Waals surface area contributed by atoms with E-state index < -0.39 is 10.0 Å². The van der Waals surface area contributed by atoms with E-state index in [0.29, 0.717) is 11.4 Å². The summed E-state index contributed by atoms with van der Waals surface area (Å²) in [6, 6.07) is 19.0. The van der Waals surface area contributed by atoms with Gasteiger partial charge in [-0.25, -0.2) is 8.42 Å². The highest BCUT2D eigenvalue weighted by Gasteiger charge is 2.28. The van der Waals surface area contributed by atoms with Crippen molar-refractivity contribution in [1.29, 1.82) is 0 Å². The van der Waals surface area contributed by atoms with Crippen LogP contribution in [0.15, 0.2) is 71.6 Å². The topological polar surface area (TPSA) is 75.7 Å². The van der Waals surface area contributed by atoms with Gasteiger partial charge >= 0.3 is 0 Å². The Morgan fingerprint density at radius 2 is 1.55 bits per heavy atom. The van der Waals surface area contributed by atoms with Crippen molar-refractivity contribution in [3.05, 3.63) is 89.0 Å². The molecule has 174 valence electrons. The van der Waals surface area contributed by atoms with Gasteiger partial charge in [0.05, 0.1) is 23.7 Å². The van der Waals surface area contributed by atoms with Gasteiger partial charge < -0.3 is 10.1 Å². The molecule has 1 amide bonds. The maximum Gasteiger partial charge on any atom is 0.264 e. The Morgan fingerprint density at radius 3 is 2.12 bits per heavy atom. The van der Waals surface area contributed by atoms with Crippen LogP contribution in [0.4, 0.5) is 5.69 Å². The fourth-order valence-corrected chi connectivity index (χ4v) is 5.13. The number of ether oxygens (including phenoxy) is 1. The summed E-state index contributed by atoms with van der Waals surface area (Å²) in [6.07, 6.45) is 0. The minimum absolute atomic E-state index is 0.0825. The van der Waals surface area contributed by atoms with E-state index in [1.54, 1.807) is 24.3 Å². The van der Waals surface area contributed by atoms with Gasteiger partial charge in [-0.2, -0.15) is 0 Å². The number of carbonyl (C=O) groups is 1. The van der Waals surface area contributed by atoms with Crippen molar-refractivity contribution in [2.45, 2.75) is 38.6 Å². The zero-order valence-corrected chi connectivity index (χ0v) is 20.4. The van der Waals surface area contributed by atoms with E-state index in [9.17, 15) is 13.2 Å². The zero-order chi connectivity index (χ0) is 24.2. The summed E-state index contributed by atoms with van der Waals surface area (Å²) in [5.74, 6) is 0.163. The summed E-state index contributed by atoms with van der Waals surface area (Å²) in [7, 11) is -2.47. The first-order valence-electron chi connectivity index (χ1n) is 10.7. The lowest BCUT2D eigenvalue weighted by atomic mass is 10.0. The van der Waals surface area contributed by atoms with Gasteiger partial charge in [0.2, 0.25) is 5.91 Å². The number of carbonyl (C=O) groups excluding carboxylic acids is 1. The molecule has 0 bridgehead atoms. The number of hydrogen-bond donors (Lipinski definition) is 1. The van der Waals surface area contributed by atoms with Gasteiger partial charge in [-0.05, 0) is 75.2 Å². The quantitative estimate of drug-likeness (QED) is 0.522. The van der Waals surface area contributed by atoms with Crippen LogP contribution in [0.2, 0.25) is 0 Å². The predicted molar refractivity (Wildman–Crippen MR) is 131 cm³/mol. The molecule has 1 N–H and O–H groups in total. The molecule has 3 rings (SSSR count). The van der Waals surface area contributed by atoms with E-state index >= 15 is 0 Å². The van der Waals surface area contributed by atoms with Crippen LogP contribution in [-0.2, 0) is 14.8 Å². The first kappa shape index (κ1) is 24.3. The average Bonchev–Trinajstić information content (AvgIpc) is 2.78. The fraction of sp³-hybridized carbons (Fsp3) is 0.269. The zero-order valence-electron chi connectivity index (χ0n) is 19.6. The van der Waals surface area contributed by atoms with Crippen LogP contribution in [0.5, 0.6) is 5.75 Å². The summed E-state index contributed by atoms with van der Waals surface area (Å²) in [5.41, 5.74) is 4.63. The molecule has 0 unspecified atom stereocenters. The van der Waals surface area contributed by atoms with Crippen molar-refractivity contribution >= 4 is 21.6 Å². The van der Waals surface area contributed by atoms with Crippen LogP contribution < -0.4 is 14.4 Å². The summed E-state index contributed by atoms with van der Waals surface area (Å²) in [4.78, 5) is 13.1. The number of hydrogen-bond acceptors (Lipinski definition) is 4. The summed E-state index contributed by atoms with van der Waals surface area (Å²) in [6.45, 7) is 7.49. The van der Waals surface area contributed by atoms with E-state index in [-0.39, 0.29) is 23.4 Å². The van der Waals surface area contributed by atoms with Gasteiger partial charge in [-0.1, -0.05) is 41.5 Å². The highest BCUT2D eigenvalue weighted by Crippen LogP contribution is 2.26. The Kier molecular flexibility index (Phi) is 7.43. The largest absolute Gasteiger partial charge is 0.497 e. The molecule has 0 radical (unpaired) electrons. The van der Waals surface area contributed by atoms with Crippen LogP contribution in [0.1, 0.15) is 35.2 Å². The van der Waals surface area contributed by atoms with E-state index in [0.717, 1.165) is 26.6 Å². The van der Waals surface area contributed by atoms with Crippen LogP contribution in [0.3, 0.4) is 0 Å². The molecule has 3 aromatic carbocycles. The molecule has 0 fully saturated rings. The van der Waals surface area contributed by atoms with Crippen molar-refractivity contribution < 1.29 is 17.9 Å². The standard InChI is InChI=1S/C26H30N2O4S/c1-18-6-9-22(10-7-18)28(33(30,31)24-13-11-23(32-5)12-14-24)17-26(29)27-21(4)25-15-8-19(2)16-20(25)3/h6-16,21H,17H2,1-5H3,(H,27,29)/t21-/m1/s1. The molecule has 0 heterocycles. The summed E-state index contributed by atoms with van der Waals surface area (Å²) < 4.78 is 33.3. The van der Waals surface area contributed by atoms with E-state index in [1.165, 1.54) is 19.2 Å². The Hall–Kier alpha value is -3.32. The number of amides is 1. The first-order chi connectivity index (χ1) is 15.6. The van der Waals surface area contributed by atoms with E-state index in [4.69, 9.17) is 4.74 Å². The molecule has 33 heavy (non-hydrogen) atoms. The molecule has 3 aromatic rings. The highest BCUT2D eigenvalue weighted by atomic mass is 32.2. The third-order valence-corrected chi connectivity index (χ3v) is 7.31. The Morgan fingerprint density at radius 1 is 0.939 bits per heavy atom. The van der Waals surface area contributed by atoms with Gasteiger partial charge in [0, 0.05) is 0 Å². The molecule has 6 nitrogen and oxygen atoms in total. The molecular formula is C26H30N2O4S. The number of rotatable bonds is 8. The number of sulfonamides is 1. The number of nitrogens with one attached hydrogen (secondary N) is 1. The normalized spacial score (nSPS) is 12.2. The Labute approximate surface area is 196 Å². The van der Waals surface area contributed by atoms with Crippen molar-refractivity contribution in [2.24, 2.45) is 0 Å². The third-order valence-electron chi connectivity index (χ3n) is 5.53. The third kappa shape index (κ3) is 5.73. The lowest BCUT2D eigenvalue weighted by molar-refractivity contribution is -0.120. The molecule has 7 heteroatoms. The lowest BCUT2D eigenvalue weighted by Gasteiger charge is -2.25. The van der Waals surface area contributed by atoms with Crippen molar-refractivity contribution in [2.75, 3.05) is 18.0 Å². The Balaban J connectivity index is 1.89. The smallest absolute Gasteiger partial charge is 0.264 e. The SMILES string of the molecule is COc1ccc(S(=O)(=O)N(CC(=O)N[C@H](C)c2ccc(C)cc2C)c2ccc(C)cc2)cc1. The van der Waals surface area contributed by atoms with E-state index in [1.807, 2.05) is 52.0 Å². The molecule has 0 spiro atoms. The van der Waals surface area contributed by atoms with Gasteiger partial charge in [0.1, 0.15) is 12.3 Å². The highest BCUT2D eigenvalue weighted by molar-refractivity contribution is 7.92. The van der Waals surface area contributed by atoms with Crippen molar-refractivity contribution in [1.82, 2.24) is 5.32 Å². The van der Waals surface area contributed by atoms with Crippen molar-refractivity contribution in [3.8, 4) is 5.75 Å². The van der Waals surface area contributed by atoms with Crippen LogP contribution in [0.25, 0.3) is 0 Å². The van der Waals surface area contributed by atoms with Crippen LogP contribution in [-0.4, -0.2) is 28.0 Å². The molecule has 0 aliphatic carbocycles. The van der Waals surface area contributed by atoms with Gasteiger partial charge in [0.25, 0.3) is 10.0 Å². The van der Waals surface area contributed by atoms with Crippen LogP contribution in [0, 0.1) is 20.8 Å². The van der Waals surface area contributed by atoms with Crippen molar-refractivity contribution in [3.63, 3.8) is 0 Å². The molecule has 0 saturated carbocycles. The number of nitrogens with zero attached hydrogens (tertiary/aromatic N) is 1. The molecule has 0 saturated heterocycles. The number of aryl methyl sites for hydroxylation is 3. The second-order valence-corrected chi connectivity index (χ2v) is 10.0. The predicted octanol–water partition coefficient (Wildman–Crippen LogP) is 4.69. The number of benzene rings is 3. The molecule has 0 aliphatic rings.